The number of aryl methyl sites for hydroxylation is 1. The van der Waals surface area contributed by atoms with Crippen LogP contribution in [0.25, 0.3) is 0 Å². The number of primary amides is 1. The largest absolute Gasteiger partial charge is 0.386 e. The highest BCUT2D eigenvalue weighted by Gasteiger charge is 2.04. The van der Waals surface area contributed by atoms with Gasteiger partial charge in [-0.3, -0.25) is 4.79 Å². The van der Waals surface area contributed by atoms with Gasteiger partial charge in [0.2, 0.25) is 5.91 Å². The van der Waals surface area contributed by atoms with Crippen molar-refractivity contribution in [2.24, 2.45) is 11.5 Å². The van der Waals surface area contributed by atoms with Crippen molar-refractivity contribution in [1.82, 2.24) is 5.32 Å². The lowest BCUT2D eigenvalue weighted by atomic mass is 10.0. The van der Waals surface area contributed by atoms with Crippen molar-refractivity contribution >= 4 is 5.91 Å². The van der Waals surface area contributed by atoms with E-state index in [0.717, 1.165) is 11.1 Å². The van der Waals surface area contributed by atoms with Crippen LogP contribution in [0.3, 0.4) is 0 Å². The predicted molar refractivity (Wildman–Crippen MR) is 59.9 cm³/mol. The molecule has 4 heteroatoms. The zero-order chi connectivity index (χ0) is 11.4. The third-order valence-corrected chi connectivity index (χ3v) is 2.14. The number of amides is 1. The summed E-state index contributed by atoms with van der Waals surface area (Å²) in [5.74, 6) is -0.0262. The molecule has 0 bridgehead atoms. The summed E-state index contributed by atoms with van der Waals surface area (Å²) in [6.07, 6.45) is 0. The van der Waals surface area contributed by atoms with Gasteiger partial charge in [0, 0.05) is 12.1 Å². The summed E-state index contributed by atoms with van der Waals surface area (Å²) in [7, 11) is 0. The summed E-state index contributed by atoms with van der Waals surface area (Å²) < 4.78 is 0. The summed E-state index contributed by atoms with van der Waals surface area (Å²) in [6, 6.07) is 5.32. The van der Waals surface area contributed by atoms with Gasteiger partial charge in [-0.15, -0.1) is 0 Å². The molecule has 15 heavy (non-hydrogen) atoms. The third kappa shape index (κ3) is 3.02. The van der Waals surface area contributed by atoms with E-state index in [1.807, 2.05) is 13.0 Å². The maximum atomic E-state index is 11.0. The smallest absolute Gasteiger partial charge is 0.248 e. The van der Waals surface area contributed by atoms with Crippen molar-refractivity contribution in [2.45, 2.75) is 13.5 Å². The molecule has 0 radical (unpaired) electrons. The molecule has 0 aromatic heterocycles. The normalized spacial score (nSPS) is 9.67. The Labute approximate surface area is 89.0 Å². The molecule has 0 fully saturated rings. The molecule has 0 saturated carbocycles. The highest BCUT2D eigenvalue weighted by Crippen LogP contribution is 2.10. The maximum absolute atomic E-state index is 11.0. The summed E-state index contributed by atoms with van der Waals surface area (Å²) in [5.41, 5.74) is 13.1. The number of hydrogen-bond acceptors (Lipinski definition) is 3. The van der Waals surface area contributed by atoms with Crippen LogP contribution >= 0.6 is 0 Å². The molecule has 0 spiro atoms. The second-order valence-electron chi connectivity index (χ2n) is 3.38. The summed E-state index contributed by atoms with van der Waals surface area (Å²) in [5, 5.41) is 2.90. The Bertz CT molecular complexity index is 399. The molecule has 0 saturated heterocycles. The topological polar surface area (TPSA) is 81.1 Å². The summed E-state index contributed by atoms with van der Waals surface area (Å²) in [4.78, 5) is 11.0. The minimum absolute atomic E-state index is 0.402. The molecule has 1 rings (SSSR count). The van der Waals surface area contributed by atoms with Gasteiger partial charge in [-0.2, -0.15) is 0 Å². The summed E-state index contributed by atoms with van der Waals surface area (Å²) in [6.45, 7) is 6.04. The molecule has 0 aliphatic heterocycles. The van der Waals surface area contributed by atoms with E-state index in [0.29, 0.717) is 17.9 Å². The Hall–Kier alpha value is -1.97. The van der Waals surface area contributed by atoms with Crippen LogP contribution in [0.1, 0.15) is 21.5 Å². The number of nitrogens with one attached hydrogen (secondary N) is 1. The van der Waals surface area contributed by atoms with Crippen molar-refractivity contribution in [1.29, 1.82) is 0 Å². The second-order valence-corrected chi connectivity index (χ2v) is 3.38. The van der Waals surface area contributed by atoms with E-state index >= 15 is 0 Å². The molecule has 0 atom stereocenters. The number of carbonyl (C=O) groups is 1. The molecular weight excluding hydrogens is 190 g/mol. The number of carbonyl (C=O) groups excluding carboxylic acids is 1. The number of hydrogen-bond donors (Lipinski definition) is 3. The molecule has 5 N–H and O–H groups in total. The quantitative estimate of drug-likeness (QED) is 0.673. The Morgan fingerprint density at radius 3 is 2.67 bits per heavy atom. The highest BCUT2D eigenvalue weighted by atomic mass is 16.1. The number of rotatable bonds is 4. The molecular formula is C11H15N3O. The zero-order valence-corrected chi connectivity index (χ0v) is 8.71. The van der Waals surface area contributed by atoms with Crippen LogP contribution in [0, 0.1) is 6.92 Å². The van der Waals surface area contributed by atoms with Gasteiger partial charge < -0.3 is 16.8 Å². The monoisotopic (exact) mass is 205 g/mol. The van der Waals surface area contributed by atoms with Crippen LogP contribution in [0.5, 0.6) is 0 Å². The van der Waals surface area contributed by atoms with E-state index < -0.39 is 5.91 Å². The van der Waals surface area contributed by atoms with Gasteiger partial charge in [-0.25, -0.2) is 0 Å². The fourth-order valence-electron chi connectivity index (χ4n) is 1.22. The third-order valence-electron chi connectivity index (χ3n) is 2.14. The predicted octanol–water partition coefficient (Wildman–Crippen LogP) is 0.613. The fourth-order valence-corrected chi connectivity index (χ4v) is 1.22. The standard InChI is InChI=1S/C11H15N3O/c1-7-3-4-9(11(13)15)5-10(7)6-14-8(2)12/h3-5,14H,2,6,12H2,1H3,(H2,13,15). The lowest BCUT2D eigenvalue weighted by Gasteiger charge is -2.09. The van der Waals surface area contributed by atoms with Gasteiger partial charge in [0.25, 0.3) is 0 Å². The first-order valence-electron chi connectivity index (χ1n) is 4.58. The van der Waals surface area contributed by atoms with Crippen molar-refractivity contribution in [3.63, 3.8) is 0 Å². The van der Waals surface area contributed by atoms with E-state index in [1.54, 1.807) is 12.1 Å². The van der Waals surface area contributed by atoms with Gasteiger partial charge in [0.1, 0.15) is 0 Å². The molecule has 1 aromatic carbocycles. The first kappa shape index (κ1) is 11.1. The Morgan fingerprint density at radius 2 is 2.13 bits per heavy atom. The van der Waals surface area contributed by atoms with Crippen LogP contribution in [0.2, 0.25) is 0 Å². The van der Waals surface area contributed by atoms with Gasteiger partial charge in [0.15, 0.2) is 0 Å². The number of benzene rings is 1. The molecule has 0 heterocycles. The van der Waals surface area contributed by atoms with Crippen LogP contribution in [-0.2, 0) is 6.54 Å². The highest BCUT2D eigenvalue weighted by molar-refractivity contribution is 5.93. The first-order valence-corrected chi connectivity index (χ1v) is 4.58. The van der Waals surface area contributed by atoms with E-state index in [9.17, 15) is 4.79 Å². The van der Waals surface area contributed by atoms with Gasteiger partial charge in [-0.1, -0.05) is 12.6 Å². The minimum atomic E-state index is -0.428. The van der Waals surface area contributed by atoms with Crippen LogP contribution < -0.4 is 16.8 Å². The van der Waals surface area contributed by atoms with E-state index in [4.69, 9.17) is 11.5 Å². The van der Waals surface area contributed by atoms with E-state index in [-0.39, 0.29) is 0 Å². The van der Waals surface area contributed by atoms with Crippen molar-refractivity contribution in [3.05, 3.63) is 47.3 Å². The van der Waals surface area contributed by atoms with E-state index in [1.165, 1.54) is 0 Å². The molecule has 0 aliphatic carbocycles. The molecule has 4 nitrogen and oxygen atoms in total. The van der Waals surface area contributed by atoms with Crippen molar-refractivity contribution < 1.29 is 4.79 Å². The lowest BCUT2D eigenvalue weighted by molar-refractivity contribution is 0.1000. The van der Waals surface area contributed by atoms with Crippen molar-refractivity contribution in [3.8, 4) is 0 Å². The van der Waals surface area contributed by atoms with Gasteiger partial charge in [0.05, 0.1) is 5.82 Å². The Balaban J connectivity index is 2.90. The lowest BCUT2D eigenvalue weighted by Crippen LogP contribution is -2.19. The van der Waals surface area contributed by atoms with Crippen molar-refractivity contribution in [2.75, 3.05) is 0 Å². The number of nitrogens with two attached hydrogens (primary N) is 2. The average Bonchev–Trinajstić information content (AvgIpc) is 2.16. The zero-order valence-electron chi connectivity index (χ0n) is 8.71. The summed E-state index contributed by atoms with van der Waals surface area (Å²) >= 11 is 0. The molecule has 80 valence electrons. The maximum Gasteiger partial charge on any atom is 0.248 e. The Kier molecular flexibility index (Phi) is 3.33. The molecule has 1 amide bonds. The van der Waals surface area contributed by atoms with Crippen LogP contribution in [0.15, 0.2) is 30.6 Å². The van der Waals surface area contributed by atoms with Crippen LogP contribution in [-0.4, -0.2) is 5.91 Å². The second kappa shape index (κ2) is 4.50. The molecule has 0 unspecified atom stereocenters. The molecule has 0 aliphatic rings. The fraction of sp³-hybridized carbons (Fsp3) is 0.182. The van der Waals surface area contributed by atoms with Gasteiger partial charge >= 0.3 is 0 Å². The Morgan fingerprint density at radius 1 is 1.47 bits per heavy atom. The first-order chi connectivity index (χ1) is 7.00. The minimum Gasteiger partial charge on any atom is -0.386 e. The average molecular weight is 205 g/mol. The molecule has 1 aromatic rings. The SMILES string of the molecule is C=C(N)NCc1cc(C(N)=O)ccc1C. The van der Waals surface area contributed by atoms with Crippen LogP contribution in [0.4, 0.5) is 0 Å². The van der Waals surface area contributed by atoms with Gasteiger partial charge in [-0.05, 0) is 30.2 Å². The van der Waals surface area contributed by atoms with E-state index in [2.05, 4.69) is 11.9 Å².